The van der Waals surface area contributed by atoms with Crippen LogP contribution >= 0.6 is 0 Å². The van der Waals surface area contributed by atoms with Crippen LogP contribution in [-0.4, -0.2) is 31.4 Å². The minimum Gasteiger partial charge on any atom is -0.493 e. The zero-order chi connectivity index (χ0) is 16.5. The molecule has 0 unspecified atom stereocenters. The Hall–Kier alpha value is -3.15. The van der Waals surface area contributed by atoms with Gasteiger partial charge in [0.25, 0.3) is 0 Å². The normalized spacial score (nSPS) is 10.9. The molecule has 0 N–H and O–H groups in total. The predicted molar refractivity (Wildman–Crippen MR) is 86.5 cm³/mol. The quantitative estimate of drug-likeness (QED) is 0.355. The molecule has 2 aromatic rings. The molecular formula is C17H16N2O4. The largest absolute Gasteiger partial charge is 0.493 e. The minimum atomic E-state index is -0.583. The van der Waals surface area contributed by atoms with Crippen molar-refractivity contribution < 1.29 is 19.1 Å². The first kappa shape index (κ1) is 16.2. The molecular weight excluding hydrogens is 296 g/mol. The third kappa shape index (κ3) is 4.96. The van der Waals surface area contributed by atoms with E-state index in [4.69, 9.17) is 14.3 Å². The molecule has 1 heterocycles. The molecule has 0 saturated carbocycles. The van der Waals surface area contributed by atoms with Gasteiger partial charge in [-0.25, -0.2) is 4.79 Å². The van der Waals surface area contributed by atoms with Gasteiger partial charge in [-0.05, 0) is 29.8 Å². The van der Waals surface area contributed by atoms with Crippen LogP contribution in [0.25, 0.3) is 6.08 Å². The fourth-order valence-electron chi connectivity index (χ4n) is 1.74. The maximum atomic E-state index is 11.6. The molecule has 6 heteroatoms. The molecule has 0 bridgehead atoms. The van der Waals surface area contributed by atoms with E-state index in [1.807, 2.05) is 0 Å². The maximum absolute atomic E-state index is 11.6. The zero-order valence-electron chi connectivity index (χ0n) is 12.8. The summed E-state index contributed by atoms with van der Waals surface area (Å²) < 4.78 is 10.3. The molecule has 0 atom stereocenters. The third-order valence-corrected chi connectivity index (χ3v) is 2.85. The number of rotatable bonds is 6. The molecule has 2 rings (SSSR count). The minimum absolute atomic E-state index is 0.581. The van der Waals surface area contributed by atoms with Crippen LogP contribution in [0.3, 0.4) is 0 Å². The summed E-state index contributed by atoms with van der Waals surface area (Å²) in [7, 11) is 3.11. The molecule has 0 aliphatic heterocycles. The van der Waals surface area contributed by atoms with Crippen molar-refractivity contribution in [3.63, 3.8) is 0 Å². The van der Waals surface area contributed by atoms with Crippen LogP contribution in [0.15, 0.2) is 54.0 Å². The molecule has 0 spiro atoms. The number of carbonyl (C=O) groups is 1. The lowest BCUT2D eigenvalue weighted by Crippen LogP contribution is -1.95. The van der Waals surface area contributed by atoms with Gasteiger partial charge in [-0.2, -0.15) is 0 Å². The lowest BCUT2D eigenvalue weighted by Gasteiger charge is -2.07. The van der Waals surface area contributed by atoms with Gasteiger partial charge in [0.05, 0.1) is 20.4 Å². The average Bonchev–Trinajstić information content (AvgIpc) is 2.60. The number of hydrogen-bond donors (Lipinski definition) is 0. The van der Waals surface area contributed by atoms with Gasteiger partial charge in [0.2, 0.25) is 0 Å². The number of benzene rings is 1. The van der Waals surface area contributed by atoms with E-state index in [2.05, 4.69) is 10.1 Å². The fraction of sp³-hybridized carbons (Fsp3) is 0.118. The molecule has 0 aliphatic rings. The van der Waals surface area contributed by atoms with Crippen LogP contribution in [0.5, 0.6) is 11.5 Å². The van der Waals surface area contributed by atoms with Gasteiger partial charge in [0, 0.05) is 24.0 Å². The van der Waals surface area contributed by atoms with Gasteiger partial charge in [0.1, 0.15) is 0 Å². The Morgan fingerprint density at radius 1 is 1.13 bits per heavy atom. The van der Waals surface area contributed by atoms with Crippen molar-refractivity contribution in [3.8, 4) is 11.5 Å². The van der Waals surface area contributed by atoms with E-state index >= 15 is 0 Å². The second-order valence-corrected chi connectivity index (χ2v) is 4.38. The molecule has 6 nitrogen and oxygen atoms in total. The molecule has 1 aromatic carbocycles. The van der Waals surface area contributed by atoms with Crippen LogP contribution in [0.1, 0.15) is 11.1 Å². The predicted octanol–water partition coefficient (Wildman–Crippen LogP) is 2.69. The first-order valence-corrected chi connectivity index (χ1v) is 6.77. The number of hydrogen-bond acceptors (Lipinski definition) is 6. The van der Waals surface area contributed by atoms with Crippen molar-refractivity contribution in [1.82, 2.24) is 4.98 Å². The highest BCUT2D eigenvalue weighted by molar-refractivity contribution is 5.88. The number of aromatic nitrogens is 1. The van der Waals surface area contributed by atoms with E-state index in [-0.39, 0.29) is 0 Å². The third-order valence-electron chi connectivity index (χ3n) is 2.85. The van der Waals surface area contributed by atoms with Crippen molar-refractivity contribution in [1.29, 1.82) is 0 Å². The molecule has 0 aliphatic carbocycles. The average molecular weight is 312 g/mol. The first-order valence-electron chi connectivity index (χ1n) is 6.77. The van der Waals surface area contributed by atoms with E-state index in [0.717, 1.165) is 11.1 Å². The Labute approximate surface area is 134 Å². The molecule has 0 fully saturated rings. The Morgan fingerprint density at radius 2 is 1.96 bits per heavy atom. The topological polar surface area (TPSA) is 70.0 Å². The van der Waals surface area contributed by atoms with E-state index < -0.39 is 5.97 Å². The van der Waals surface area contributed by atoms with E-state index in [9.17, 15) is 4.79 Å². The summed E-state index contributed by atoms with van der Waals surface area (Å²) in [4.78, 5) is 20.2. The summed E-state index contributed by atoms with van der Waals surface area (Å²) in [5.41, 5.74) is 1.51. The van der Waals surface area contributed by atoms with Crippen LogP contribution in [0.4, 0.5) is 0 Å². The van der Waals surface area contributed by atoms with Gasteiger partial charge in [0.15, 0.2) is 11.5 Å². The van der Waals surface area contributed by atoms with Crippen LogP contribution in [0, 0.1) is 0 Å². The summed E-state index contributed by atoms with van der Waals surface area (Å²) >= 11 is 0. The molecule has 0 amide bonds. The molecule has 0 radical (unpaired) electrons. The highest BCUT2D eigenvalue weighted by Crippen LogP contribution is 2.27. The van der Waals surface area contributed by atoms with Crippen molar-refractivity contribution in [2.45, 2.75) is 0 Å². The lowest BCUT2D eigenvalue weighted by molar-refractivity contribution is -0.137. The van der Waals surface area contributed by atoms with Gasteiger partial charge >= 0.3 is 5.97 Å². The Balaban J connectivity index is 1.94. The number of ether oxygens (including phenoxy) is 2. The van der Waals surface area contributed by atoms with Crippen LogP contribution in [0.2, 0.25) is 0 Å². The summed E-state index contributed by atoms with van der Waals surface area (Å²) in [6.07, 6.45) is 7.55. The number of oxime groups is 1. The first-order chi connectivity index (χ1) is 11.2. The highest BCUT2D eigenvalue weighted by Gasteiger charge is 2.03. The van der Waals surface area contributed by atoms with Gasteiger partial charge in [-0.1, -0.05) is 17.3 Å². The number of pyridine rings is 1. The standard InChI is InChI=1S/C17H16N2O4/c1-21-15-7-5-13(10-16(15)22-2)6-8-17(20)23-19-12-14-4-3-9-18-11-14/h3-12H,1-2H3/b8-6+,19-12+. The van der Waals surface area contributed by atoms with E-state index in [1.165, 1.54) is 12.3 Å². The fourth-order valence-corrected chi connectivity index (χ4v) is 1.74. The summed E-state index contributed by atoms with van der Waals surface area (Å²) in [5.74, 6) is 0.617. The lowest BCUT2D eigenvalue weighted by atomic mass is 10.2. The number of methoxy groups -OCH3 is 2. The Bertz CT molecular complexity index is 712. The van der Waals surface area contributed by atoms with Crippen molar-refractivity contribution >= 4 is 18.3 Å². The second kappa shape index (κ2) is 8.33. The maximum Gasteiger partial charge on any atom is 0.358 e. The van der Waals surface area contributed by atoms with Crippen LogP contribution < -0.4 is 9.47 Å². The van der Waals surface area contributed by atoms with Crippen LogP contribution in [-0.2, 0) is 9.63 Å². The molecule has 1 aromatic heterocycles. The monoisotopic (exact) mass is 312 g/mol. The highest BCUT2D eigenvalue weighted by atomic mass is 16.7. The molecule has 0 saturated heterocycles. The van der Waals surface area contributed by atoms with E-state index in [0.29, 0.717) is 11.5 Å². The molecule has 118 valence electrons. The second-order valence-electron chi connectivity index (χ2n) is 4.38. The van der Waals surface area contributed by atoms with Gasteiger partial charge in [-0.3, -0.25) is 4.98 Å². The van der Waals surface area contributed by atoms with Crippen molar-refractivity contribution in [2.24, 2.45) is 5.16 Å². The summed E-state index contributed by atoms with van der Waals surface area (Å²) in [6, 6.07) is 8.86. The van der Waals surface area contributed by atoms with Crippen molar-refractivity contribution in [3.05, 3.63) is 59.9 Å². The Morgan fingerprint density at radius 3 is 2.65 bits per heavy atom. The number of carbonyl (C=O) groups excluding carboxylic acids is 1. The Kier molecular flexibility index (Phi) is 5.88. The van der Waals surface area contributed by atoms with Gasteiger partial charge < -0.3 is 14.3 Å². The van der Waals surface area contributed by atoms with Crippen molar-refractivity contribution in [2.75, 3.05) is 14.2 Å². The molecule has 23 heavy (non-hydrogen) atoms. The smallest absolute Gasteiger partial charge is 0.358 e. The number of nitrogens with zero attached hydrogens (tertiary/aromatic N) is 2. The van der Waals surface area contributed by atoms with Gasteiger partial charge in [-0.15, -0.1) is 0 Å². The SMILES string of the molecule is COc1ccc(/C=C/C(=O)O/N=C/c2cccnc2)cc1OC. The summed E-state index contributed by atoms with van der Waals surface area (Å²) in [5, 5.41) is 3.60. The summed E-state index contributed by atoms with van der Waals surface area (Å²) in [6.45, 7) is 0. The zero-order valence-corrected chi connectivity index (χ0v) is 12.8. The van der Waals surface area contributed by atoms with E-state index in [1.54, 1.807) is 63.0 Å².